The van der Waals surface area contributed by atoms with Crippen molar-refractivity contribution in [2.75, 3.05) is 0 Å². The molecule has 0 aliphatic heterocycles. The third-order valence-electron chi connectivity index (χ3n) is 3.67. The van der Waals surface area contributed by atoms with Crippen LogP contribution in [0.15, 0.2) is 18.5 Å². The van der Waals surface area contributed by atoms with Crippen LogP contribution in [-0.2, 0) is 12.8 Å². The lowest BCUT2D eigenvalue weighted by atomic mass is 9.78. The molecule has 0 aromatic carbocycles. The van der Waals surface area contributed by atoms with Gasteiger partial charge in [0, 0.05) is 12.4 Å². The maximum absolute atomic E-state index is 4.22. The Hall–Kier alpha value is -0.850. The number of aromatic nitrogens is 1. The summed E-state index contributed by atoms with van der Waals surface area (Å²) < 4.78 is 0. The third kappa shape index (κ3) is 3.55. The fourth-order valence-electron chi connectivity index (χ4n) is 2.79. The molecule has 1 heterocycles. The molecule has 0 saturated carbocycles. The molecule has 2 rings (SSSR count). The van der Waals surface area contributed by atoms with E-state index >= 15 is 0 Å². The standard InChI is InChI=1S/C13H19N.C3H8/c1-3-6-13(4-2)8-11-5-7-14-10-12(11)9-13;1-3-2/h5,7,10H,3-4,6,8-9H2,1-2H3;3H2,1-2H3. The van der Waals surface area contributed by atoms with E-state index < -0.39 is 0 Å². The second kappa shape index (κ2) is 6.78. The van der Waals surface area contributed by atoms with Gasteiger partial charge >= 0.3 is 0 Å². The quantitative estimate of drug-likeness (QED) is 0.731. The van der Waals surface area contributed by atoms with E-state index in [1.165, 1.54) is 49.7 Å². The first-order valence-corrected chi connectivity index (χ1v) is 7.13. The average molecular weight is 233 g/mol. The summed E-state index contributed by atoms with van der Waals surface area (Å²) in [6.45, 7) is 8.87. The first-order valence-electron chi connectivity index (χ1n) is 7.13. The van der Waals surface area contributed by atoms with E-state index in [9.17, 15) is 0 Å². The lowest BCUT2D eigenvalue weighted by molar-refractivity contribution is 0.264. The highest BCUT2D eigenvalue weighted by Gasteiger charge is 2.34. The van der Waals surface area contributed by atoms with Crippen LogP contribution in [0.5, 0.6) is 0 Å². The van der Waals surface area contributed by atoms with Crippen LogP contribution in [0, 0.1) is 5.41 Å². The van der Waals surface area contributed by atoms with Crippen molar-refractivity contribution < 1.29 is 0 Å². The number of hydrogen-bond acceptors (Lipinski definition) is 1. The predicted molar refractivity (Wildman–Crippen MR) is 75.2 cm³/mol. The molecule has 1 aromatic heterocycles. The van der Waals surface area contributed by atoms with E-state index in [4.69, 9.17) is 0 Å². The molecule has 0 radical (unpaired) electrons. The lowest BCUT2D eigenvalue weighted by Gasteiger charge is -2.26. The van der Waals surface area contributed by atoms with Crippen LogP contribution >= 0.6 is 0 Å². The molecular weight excluding hydrogens is 206 g/mol. The molecule has 1 atom stereocenters. The second-order valence-electron chi connectivity index (χ2n) is 5.31. The highest BCUT2D eigenvalue weighted by Crippen LogP contribution is 2.42. The zero-order valence-corrected chi connectivity index (χ0v) is 11.9. The van der Waals surface area contributed by atoms with Gasteiger partial charge in [-0.15, -0.1) is 0 Å². The van der Waals surface area contributed by atoms with Crippen LogP contribution in [-0.4, -0.2) is 4.98 Å². The Balaban J connectivity index is 0.000000437. The van der Waals surface area contributed by atoms with E-state index in [0.29, 0.717) is 5.41 Å². The molecule has 0 spiro atoms. The van der Waals surface area contributed by atoms with Gasteiger partial charge in [-0.1, -0.05) is 40.5 Å². The largest absolute Gasteiger partial charge is 0.264 e. The van der Waals surface area contributed by atoms with E-state index in [0.717, 1.165) is 0 Å². The summed E-state index contributed by atoms with van der Waals surface area (Å²) in [5.74, 6) is 0. The molecular formula is C16H27N. The molecule has 0 bridgehead atoms. The minimum atomic E-state index is 0.556. The Morgan fingerprint density at radius 1 is 1.12 bits per heavy atom. The van der Waals surface area contributed by atoms with E-state index in [1.807, 2.05) is 6.20 Å². The van der Waals surface area contributed by atoms with Gasteiger partial charge in [-0.2, -0.15) is 0 Å². The predicted octanol–water partition coefficient (Wildman–Crippen LogP) is 4.79. The van der Waals surface area contributed by atoms with Crippen molar-refractivity contribution in [2.45, 2.75) is 66.2 Å². The van der Waals surface area contributed by atoms with Gasteiger partial charge in [0.15, 0.2) is 0 Å². The summed E-state index contributed by atoms with van der Waals surface area (Å²) in [7, 11) is 0. The van der Waals surface area contributed by atoms with Gasteiger partial charge in [-0.05, 0) is 48.3 Å². The molecule has 1 aromatic rings. The highest BCUT2D eigenvalue weighted by atomic mass is 14.6. The molecule has 1 aliphatic carbocycles. The minimum absolute atomic E-state index is 0.556. The monoisotopic (exact) mass is 233 g/mol. The minimum Gasteiger partial charge on any atom is -0.264 e. The smallest absolute Gasteiger partial charge is 0.0302 e. The molecule has 17 heavy (non-hydrogen) atoms. The zero-order valence-electron chi connectivity index (χ0n) is 11.9. The van der Waals surface area contributed by atoms with Gasteiger partial charge in [0.2, 0.25) is 0 Å². The first-order chi connectivity index (χ1) is 8.21. The number of hydrogen-bond donors (Lipinski definition) is 0. The summed E-state index contributed by atoms with van der Waals surface area (Å²) >= 11 is 0. The van der Waals surface area contributed by atoms with Crippen molar-refractivity contribution in [1.29, 1.82) is 0 Å². The van der Waals surface area contributed by atoms with Crippen LogP contribution in [0.3, 0.4) is 0 Å². The van der Waals surface area contributed by atoms with Crippen LogP contribution < -0.4 is 0 Å². The number of nitrogens with zero attached hydrogens (tertiary/aromatic N) is 1. The van der Waals surface area contributed by atoms with Gasteiger partial charge in [0.05, 0.1) is 0 Å². The highest BCUT2D eigenvalue weighted by molar-refractivity contribution is 5.31. The van der Waals surface area contributed by atoms with E-state index in [-0.39, 0.29) is 0 Å². The average Bonchev–Trinajstić information content (AvgIpc) is 2.69. The maximum atomic E-state index is 4.22. The zero-order chi connectivity index (χ0) is 12.7. The molecule has 96 valence electrons. The number of pyridine rings is 1. The number of rotatable bonds is 3. The second-order valence-corrected chi connectivity index (χ2v) is 5.31. The van der Waals surface area contributed by atoms with Crippen LogP contribution in [0.4, 0.5) is 0 Å². The van der Waals surface area contributed by atoms with Gasteiger partial charge in [0.25, 0.3) is 0 Å². The molecule has 1 heteroatoms. The molecule has 0 saturated heterocycles. The molecule has 1 unspecified atom stereocenters. The van der Waals surface area contributed by atoms with Crippen molar-refractivity contribution in [2.24, 2.45) is 5.41 Å². The van der Waals surface area contributed by atoms with Crippen LogP contribution in [0.2, 0.25) is 0 Å². The Bertz CT molecular complexity index is 305. The SMILES string of the molecule is CCC.CCCC1(CC)Cc2ccncc2C1. The van der Waals surface area contributed by atoms with Crippen LogP contribution in [0.25, 0.3) is 0 Å². The molecule has 0 N–H and O–H groups in total. The summed E-state index contributed by atoms with van der Waals surface area (Å²) in [4.78, 5) is 4.22. The maximum Gasteiger partial charge on any atom is 0.0302 e. The summed E-state index contributed by atoms with van der Waals surface area (Å²) in [5.41, 5.74) is 3.58. The van der Waals surface area contributed by atoms with Crippen molar-refractivity contribution >= 4 is 0 Å². The Morgan fingerprint density at radius 2 is 1.76 bits per heavy atom. The topological polar surface area (TPSA) is 12.9 Å². The van der Waals surface area contributed by atoms with Gasteiger partial charge in [-0.25, -0.2) is 0 Å². The fraction of sp³-hybridized carbons (Fsp3) is 0.688. The van der Waals surface area contributed by atoms with E-state index in [2.05, 4.69) is 44.9 Å². The Morgan fingerprint density at radius 3 is 2.29 bits per heavy atom. The summed E-state index contributed by atoms with van der Waals surface area (Å²) in [6.07, 6.45) is 11.7. The Kier molecular flexibility index (Phi) is 5.67. The first kappa shape index (κ1) is 14.2. The summed E-state index contributed by atoms with van der Waals surface area (Å²) in [5, 5.41) is 0. The molecule has 1 nitrogen and oxygen atoms in total. The van der Waals surface area contributed by atoms with Crippen molar-refractivity contribution in [1.82, 2.24) is 4.98 Å². The fourth-order valence-corrected chi connectivity index (χ4v) is 2.79. The summed E-state index contributed by atoms with van der Waals surface area (Å²) in [6, 6.07) is 2.20. The van der Waals surface area contributed by atoms with Crippen molar-refractivity contribution in [3.8, 4) is 0 Å². The number of fused-ring (bicyclic) bond motifs is 1. The molecule has 1 aliphatic rings. The van der Waals surface area contributed by atoms with Crippen molar-refractivity contribution in [3.05, 3.63) is 29.6 Å². The van der Waals surface area contributed by atoms with Gasteiger partial charge < -0.3 is 0 Å². The van der Waals surface area contributed by atoms with Crippen LogP contribution in [0.1, 0.15) is 64.5 Å². The molecule has 0 amide bonds. The van der Waals surface area contributed by atoms with E-state index in [1.54, 1.807) is 0 Å². The molecule has 0 fully saturated rings. The normalized spacial score (nSPS) is 21.6. The lowest BCUT2D eigenvalue weighted by Crippen LogP contribution is -2.19. The van der Waals surface area contributed by atoms with Crippen molar-refractivity contribution in [3.63, 3.8) is 0 Å². The van der Waals surface area contributed by atoms with Gasteiger partial charge in [0.1, 0.15) is 0 Å². The third-order valence-corrected chi connectivity index (χ3v) is 3.67. The Labute approximate surface area is 107 Å². The van der Waals surface area contributed by atoms with Gasteiger partial charge in [-0.3, -0.25) is 4.98 Å².